The van der Waals surface area contributed by atoms with Crippen molar-refractivity contribution in [3.05, 3.63) is 82.8 Å². The summed E-state index contributed by atoms with van der Waals surface area (Å²) in [5.41, 5.74) is 2.08. The summed E-state index contributed by atoms with van der Waals surface area (Å²) in [6.45, 7) is 0.174. The van der Waals surface area contributed by atoms with E-state index in [1.165, 1.54) is 12.1 Å². The quantitative estimate of drug-likeness (QED) is 0.568. The lowest BCUT2D eigenvalue weighted by molar-refractivity contribution is -0.127. The van der Waals surface area contributed by atoms with Crippen LogP contribution in [0.4, 0.5) is 4.39 Å². The maximum absolute atomic E-state index is 14.1. The zero-order valence-electron chi connectivity index (χ0n) is 14.6. The van der Waals surface area contributed by atoms with Gasteiger partial charge in [-0.05, 0) is 37.1 Å². The number of hydrogen-bond acceptors (Lipinski definition) is 2. The molecule has 1 aromatic heterocycles. The van der Waals surface area contributed by atoms with Crippen LogP contribution in [0.1, 0.15) is 24.0 Å². The molecule has 3 aromatic rings. The minimum atomic E-state index is -0.386. The summed E-state index contributed by atoms with van der Waals surface area (Å²) >= 11 is 6.14. The van der Waals surface area contributed by atoms with Crippen LogP contribution < -0.4 is 0 Å². The number of amides is 1. The predicted molar refractivity (Wildman–Crippen MR) is 106 cm³/mol. The van der Waals surface area contributed by atoms with Gasteiger partial charge in [-0.15, -0.1) is 0 Å². The molecule has 1 aliphatic carbocycles. The maximum atomic E-state index is 14.1. The van der Waals surface area contributed by atoms with Crippen LogP contribution in [0, 0.1) is 5.82 Å². The van der Waals surface area contributed by atoms with Crippen molar-refractivity contribution >= 4 is 34.5 Å². The van der Waals surface area contributed by atoms with Gasteiger partial charge in [-0.25, -0.2) is 4.39 Å². The molecule has 1 amide bonds. The third-order valence-corrected chi connectivity index (χ3v) is 5.08. The van der Waals surface area contributed by atoms with E-state index >= 15 is 0 Å². The number of hydrogen-bond donors (Lipinski definition) is 0. The molecule has 1 aliphatic rings. The third kappa shape index (κ3) is 3.86. The number of para-hydroxylation sites is 1. The highest BCUT2D eigenvalue weighted by Gasteiger charge is 2.32. The lowest BCUT2D eigenvalue weighted by Crippen LogP contribution is -2.31. The van der Waals surface area contributed by atoms with Crippen molar-refractivity contribution in [1.82, 2.24) is 9.88 Å². The molecule has 0 spiro atoms. The van der Waals surface area contributed by atoms with Crippen molar-refractivity contribution in [2.24, 2.45) is 0 Å². The SMILES string of the molecule is O=C(/C=C/c1cccc2cccnc12)N(Cc1c(F)cccc1Cl)C1CC1. The number of aromatic nitrogens is 1. The van der Waals surface area contributed by atoms with Crippen molar-refractivity contribution in [1.29, 1.82) is 0 Å². The van der Waals surface area contributed by atoms with Crippen LogP contribution in [0.25, 0.3) is 17.0 Å². The molecule has 0 aliphatic heterocycles. The Labute approximate surface area is 162 Å². The summed E-state index contributed by atoms with van der Waals surface area (Å²) in [7, 11) is 0. The Kier molecular flexibility index (Phi) is 4.90. The molecular formula is C22H18ClFN2O. The number of benzene rings is 2. The van der Waals surface area contributed by atoms with Crippen LogP contribution in [-0.2, 0) is 11.3 Å². The maximum Gasteiger partial charge on any atom is 0.247 e. The molecule has 0 unspecified atom stereocenters. The number of halogens is 2. The van der Waals surface area contributed by atoms with E-state index in [1.807, 2.05) is 30.3 Å². The molecule has 5 heteroatoms. The van der Waals surface area contributed by atoms with E-state index in [0.29, 0.717) is 10.6 Å². The molecule has 0 saturated heterocycles. The second kappa shape index (κ2) is 7.49. The Balaban J connectivity index is 1.59. The van der Waals surface area contributed by atoms with Gasteiger partial charge < -0.3 is 4.90 Å². The largest absolute Gasteiger partial charge is 0.332 e. The summed E-state index contributed by atoms with van der Waals surface area (Å²) in [5.74, 6) is -0.534. The molecule has 2 aromatic carbocycles. The molecule has 0 atom stereocenters. The predicted octanol–water partition coefficient (Wildman–Crippen LogP) is 5.23. The van der Waals surface area contributed by atoms with Gasteiger partial charge in [0.2, 0.25) is 5.91 Å². The van der Waals surface area contributed by atoms with Gasteiger partial charge in [0, 0.05) is 39.9 Å². The van der Waals surface area contributed by atoms with Gasteiger partial charge >= 0.3 is 0 Å². The van der Waals surface area contributed by atoms with E-state index in [9.17, 15) is 9.18 Å². The molecule has 3 nitrogen and oxygen atoms in total. The van der Waals surface area contributed by atoms with Crippen LogP contribution in [0.5, 0.6) is 0 Å². The van der Waals surface area contributed by atoms with Crippen LogP contribution >= 0.6 is 11.6 Å². The first-order valence-corrected chi connectivity index (χ1v) is 9.26. The van der Waals surface area contributed by atoms with Gasteiger partial charge in [0.15, 0.2) is 0 Å². The minimum Gasteiger partial charge on any atom is -0.332 e. The smallest absolute Gasteiger partial charge is 0.247 e. The van der Waals surface area contributed by atoms with Crippen molar-refractivity contribution in [3.63, 3.8) is 0 Å². The number of carbonyl (C=O) groups is 1. The van der Waals surface area contributed by atoms with Crippen LogP contribution in [0.3, 0.4) is 0 Å². The molecular weight excluding hydrogens is 363 g/mol. The lowest BCUT2D eigenvalue weighted by Gasteiger charge is -2.22. The van der Waals surface area contributed by atoms with E-state index in [1.54, 1.807) is 29.3 Å². The zero-order chi connectivity index (χ0) is 18.8. The fourth-order valence-electron chi connectivity index (χ4n) is 3.15. The van der Waals surface area contributed by atoms with Crippen molar-refractivity contribution in [2.45, 2.75) is 25.4 Å². The van der Waals surface area contributed by atoms with Gasteiger partial charge in [-0.1, -0.05) is 41.9 Å². The highest BCUT2D eigenvalue weighted by molar-refractivity contribution is 6.31. The van der Waals surface area contributed by atoms with Gasteiger partial charge in [-0.3, -0.25) is 9.78 Å². The average Bonchev–Trinajstić information content (AvgIpc) is 3.51. The normalized spacial score (nSPS) is 14.0. The van der Waals surface area contributed by atoms with Crippen molar-refractivity contribution in [3.8, 4) is 0 Å². The van der Waals surface area contributed by atoms with E-state index in [4.69, 9.17) is 11.6 Å². The van der Waals surface area contributed by atoms with Crippen LogP contribution in [0.2, 0.25) is 5.02 Å². The standard InChI is InChI=1S/C22H18ClFN2O/c23-19-7-2-8-20(24)18(19)14-26(17-10-11-17)21(27)12-9-16-5-1-4-15-6-3-13-25-22(15)16/h1-9,12-13,17H,10-11,14H2/b12-9+. The Hall–Kier alpha value is -2.72. The van der Waals surface area contributed by atoms with E-state index in [0.717, 1.165) is 29.3 Å². The molecule has 0 radical (unpaired) electrons. The molecule has 4 rings (SSSR count). The summed E-state index contributed by atoms with van der Waals surface area (Å²) in [6, 6.07) is 14.4. The first-order valence-electron chi connectivity index (χ1n) is 8.89. The summed E-state index contributed by atoms with van der Waals surface area (Å²) in [6.07, 6.45) is 6.91. The average molecular weight is 381 g/mol. The summed E-state index contributed by atoms with van der Waals surface area (Å²) < 4.78 is 14.1. The Morgan fingerprint density at radius 2 is 1.96 bits per heavy atom. The van der Waals surface area contributed by atoms with E-state index < -0.39 is 0 Å². The minimum absolute atomic E-state index is 0.142. The van der Waals surface area contributed by atoms with Gasteiger partial charge in [-0.2, -0.15) is 0 Å². The number of fused-ring (bicyclic) bond motifs is 1. The second-order valence-corrected chi connectivity index (χ2v) is 7.06. The monoisotopic (exact) mass is 380 g/mol. The van der Waals surface area contributed by atoms with Crippen molar-refractivity contribution < 1.29 is 9.18 Å². The van der Waals surface area contributed by atoms with Gasteiger partial charge in [0.05, 0.1) is 12.1 Å². The zero-order valence-corrected chi connectivity index (χ0v) is 15.4. The molecule has 27 heavy (non-hydrogen) atoms. The van der Waals surface area contributed by atoms with Crippen LogP contribution in [0.15, 0.2) is 60.8 Å². The molecule has 1 heterocycles. The Morgan fingerprint density at radius 1 is 1.19 bits per heavy atom. The highest BCUT2D eigenvalue weighted by Crippen LogP contribution is 2.31. The number of rotatable bonds is 5. The van der Waals surface area contributed by atoms with Gasteiger partial charge in [0.1, 0.15) is 5.82 Å². The fraction of sp³-hybridized carbons (Fsp3) is 0.182. The Morgan fingerprint density at radius 3 is 2.74 bits per heavy atom. The molecule has 0 N–H and O–H groups in total. The first kappa shape index (κ1) is 17.7. The van der Waals surface area contributed by atoms with Crippen molar-refractivity contribution in [2.75, 3.05) is 0 Å². The summed E-state index contributed by atoms with van der Waals surface area (Å²) in [5, 5.41) is 1.36. The number of nitrogens with zero attached hydrogens (tertiary/aromatic N) is 2. The number of pyridine rings is 1. The molecule has 1 fully saturated rings. The number of carbonyl (C=O) groups excluding carboxylic acids is 1. The van der Waals surface area contributed by atoms with E-state index in [-0.39, 0.29) is 24.3 Å². The first-order chi connectivity index (χ1) is 13.1. The molecule has 1 saturated carbocycles. The summed E-state index contributed by atoms with van der Waals surface area (Å²) in [4.78, 5) is 18.9. The fourth-order valence-corrected chi connectivity index (χ4v) is 3.37. The van der Waals surface area contributed by atoms with Gasteiger partial charge in [0.25, 0.3) is 0 Å². The molecule has 0 bridgehead atoms. The topological polar surface area (TPSA) is 33.2 Å². The third-order valence-electron chi connectivity index (χ3n) is 4.73. The van der Waals surface area contributed by atoms with Crippen LogP contribution in [-0.4, -0.2) is 21.8 Å². The second-order valence-electron chi connectivity index (χ2n) is 6.65. The highest BCUT2D eigenvalue weighted by atomic mass is 35.5. The molecule has 136 valence electrons. The Bertz CT molecular complexity index is 1000. The lowest BCUT2D eigenvalue weighted by atomic mass is 10.1. The van der Waals surface area contributed by atoms with E-state index in [2.05, 4.69) is 4.98 Å².